The molecule has 1 atom stereocenters. The van der Waals surface area contributed by atoms with Crippen LogP contribution < -0.4 is 11.3 Å². The van der Waals surface area contributed by atoms with Crippen LogP contribution in [0.25, 0.3) is 0 Å². The van der Waals surface area contributed by atoms with Crippen molar-refractivity contribution in [3.8, 4) is 0 Å². The molecule has 0 aromatic rings. The van der Waals surface area contributed by atoms with Crippen molar-refractivity contribution < 1.29 is 4.74 Å². The Hall–Kier alpha value is -0.120. The van der Waals surface area contributed by atoms with Crippen LogP contribution in [-0.4, -0.2) is 18.8 Å². The number of hydrogen-bond acceptors (Lipinski definition) is 3. The Morgan fingerprint density at radius 3 is 2.20 bits per heavy atom. The van der Waals surface area contributed by atoms with Gasteiger partial charge in [0.15, 0.2) is 0 Å². The first-order chi connectivity index (χ1) is 7.24. The van der Waals surface area contributed by atoms with Crippen LogP contribution in [0.2, 0.25) is 0 Å². The molecule has 1 aliphatic rings. The summed E-state index contributed by atoms with van der Waals surface area (Å²) in [5.74, 6) is 6.43. The van der Waals surface area contributed by atoms with Gasteiger partial charge in [-0.2, -0.15) is 0 Å². The number of rotatable bonds is 6. The standard InChI is InChI=1S/C12H26N2O/c1-4-12(5-2,15-3)11(14-13)10-8-6-7-9-10/h10-11,14H,4-9,13H2,1-3H3. The second kappa shape index (κ2) is 5.83. The van der Waals surface area contributed by atoms with Gasteiger partial charge in [0.1, 0.15) is 0 Å². The number of nitrogens with one attached hydrogen (secondary N) is 1. The minimum absolute atomic E-state index is 0.0796. The summed E-state index contributed by atoms with van der Waals surface area (Å²) < 4.78 is 5.76. The average molecular weight is 214 g/mol. The largest absolute Gasteiger partial charge is 0.377 e. The molecule has 1 rings (SSSR count). The van der Waals surface area contributed by atoms with E-state index in [4.69, 9.17) is 10.6 Å². The monoisotopic (exact) mass is 214 g/mol. The van der Waals surface area contributed by atoms with E-state index in [0.29, 0.717) is 12.0 Å². The van der Waals surface area contributed by atoms with Gasteiger partial charge in [-0.15, -0.1) is 0 Å². The van der Waals surface area contributed by atoms with E-state index in [2.05, 4.69) is 19.3 Å². The molecule has 1 saturated carbocycles. The molecular formula is C12H26N2O. The Kier molecular flexibility index (Phi) is 5.03. The number of ether oxygens (including phenoxy) is 1. The first-order valence-corrected chi connectivity index (χ1v) is 6.25. The SMILES string of the molecule is CCC(CC)(OC)C(NN)C1CCCC1. The molecule has 3 N–H and O–H groups in total. The fourth-order valence-corrected chi connectivity index (χ4v) is 3.11. The molecule has 90 valence electrons. The predicted octanol–water partition coefficient (Wildman–Crippen LogP) is 2.21. The van der Waals surface area contributed by atoms with Crippen molar-refractivity contribution >= 4 is 0 Å². The third-order valence-corrected chi connectivity index (χ3v) is 4.22. The van der Waals surface area contributed by atoms with Gasteiger partial charge in [-0.25, -0.2) is 0 Å². The molecule has 0 heterocycles. The second-order valence-corrected chi connectivity index (χ2v) is 4.66. The highest BCUT2D eigenvalue weighted by atomic mass is 16.5. The summed E-state index contributed by atoms with van der Waals surface area (Å²) >= 11 is 0. The summed E-state index contributed by atoms with van der Waals surface area (Å²) in [6.07, 6.45) is 7.31. The maximum Gasteiger partial charge on any atom is 0.0841 e. The van der Waals surface area contributed by atoms with E-state index < -0.39 is 0 Å². The van der Waals surface area contributed by atoms with Crippen molar-refractivity contribution in [3.63, 3.8) is 0 Å². The maximum absolute atomic E-state index is 5.76. The molecule has 0 spiro atoms. The molecule has 0 bridgehead atoms. The van der Waals surface area contributed by atoms with E-state index in [0.717, 1.165) is 12.8 Å². The van der Waals surface area contributed by atoms with Gasteiger partial charge in [0.25, 0.3) is 0 Å². The fourth-order valence-electron chi connectivity index (χ4n) is 3.11. The molecule has 0 aromatic carbocycles. The van der Waals surface area contributed by atoms with E-state index in [-0.39, 0.29) is 5.60 Å². The Labute approximate surface area is 93.7 Å². The topological polar surface area (TPSA) is 47.3 Å². The highest BCUT2D eigenvalue weighted by Crippen LogP contribution is 2.36. The lowest BCUT2D eigenvalue weighted by molar-refractivity contribution is -0.0624. The number of methoxy groups -OCH3 is 1. The van der Waals surface area contributed by atoms with Gasteiger partial charge in [-0.1, -0.05) is 26.7 Å². The Morgan fingerprint density at radius 1 is 1.33 bits per heavy atom. The summed E-state index contributed by atoms with van der Waals surface area (Å²) in [7, 11) is 1.81. The second-order valence-electron chi connectivity index (χ2n) is 4.66. The summed E-state index contributed by atoms with van der Waals surface area (Å²) in [6, 6.07) is 0.306. The highest BCUT2D eigenvalue weighted by molar-refractivity contribution is 4.95. The van der Waals surface area contributed by atoms with Crippen LogP contribution >= 0.6 is 0 Å². The van der Waals surface area contributed by atoms with Crippen LogP contribution in [0.4, 0.5) is 0 Å². The molecule has 0 radical (unpaired) electrons. The molecular weight excluding hydrogens is 188 g/mol. The van der Waals surface area contributed by atoms with Crippen molar-refractivity contribution in [2.24, 2.45) is 11.8 Å². The molecule has 3 heteroatoms. The molecule has 3 nitrogen and oxygen atoms in total. The summed E-state index contributed by atoms with van der Waals surface area (Å²) in [6.45, 7) is 4.37. The highest BCUT2D eigenvalue weighted by Gasteiger charge is 2.40. The quantitative estimate of drug-likeness (QED) is 0.526. The third kappa shape index (κ3) is 2.52. The number of nitrogens with two attached hydrogens (primary N) is 1. The smallest absolute Gasteiger partial charge is 0.0841 e. The number of hydrazine groups is 1. The molecule has 0 amide bonds. The zero-order valence-corrected chi connectivity index (χ0v) is 10.4. The Bertz CT molecular complexity index is 166. The van der Waals surface area contributed by atoms with Gasteiger partial charge in [-0.05, 0) is 31.6 Å². The first kappa shape index (κ1) is 12.9. The molecule has 1 fully saturated rings. The summed E-state index contributed by atoms with van der Waals surface area (Å²) in [4.78, 5) is 0. The van der Waals surface area contributed by atoms with Crippen LogP contribution in [0, 0.1) is 5.92 Å². The van der Waals surface area contributed by atoms with E-state index >= 15 is 0 Å². The van der Waals surface area contributed by atoms with Gasteiger partial charge in [0, 0.05) is 7.11 Å². The van der Waals surface area contributed by atoms with Crippen molar-refractivity contribution in [1.29, 1.82) is 0 Å². The minimum Gasteiger partial charge on any atom is -0.377 e. The zero-order valence-electron chi connectivity index (χ0n) is 10.4. The van der Waals surface area contributed by atoms with E-state index in [1.165, 1.54) is 25.7 Å². The van der Waals surface area contributed by atoms with Gasteiger partial charge in [-0.3, -0.25) is 11.3 Å². The lowest BCUT2D eigenvalue weighted by atomic mass is 9.80. The number of hydrogen-bond donors (Lipinski definition) is 2. The average Bonchev–Trinajstić information content (AvgIpc) is 2.79. The van der Waals surface area contributed by atoms with Crippen LogP contribution in [0.5, 0.6) is 0 Å². The lowest BCUT2D eigenvalue weighted by Crippen LogP contribution is -2.57. The zero-order chi connectivity index (χ0) is 11.3. The van der Waals surface area contributed by atoms with Crippen molar-refractivity contribution in [1.82, 2.24) is 5.43 Å². The normalized spacial score (nSPS) is 20.8. The third-order valence-electron chi connectivity index (χ3n) is 4.22. The van der Waals surface area contributed by atoms with Crippen LogP contribution in [-0.2, 0) is 4.74 Å². The molecule has 0 saturated heterocycles. The molecule has 1 aliphatic carbocycles. The fraction of sp³-hybridized carbons (Fsp3) is 1.00. The summed E-state index contributed by atoms with van der Waals surface area (Å²) in [5.41, 5.74) is 2.93. The molecule has 1 unspecified atom stereocenters. The van der Waals surface area contributed by atoms with E-state index in [1.54, 1.807) is 0 Å². The van der Waals surface area contributed by atoms with Crippen LogP contribution in [0.1, 0.15) is 52.4 Å². The Morgan fingerprint density at radius 2 is 1.87 bits per heavy atom. The lowest BCUT2D eigenvalue weighted by Gasteiger charge is -2.41. The first-order valence-electron chi connectivity index (χ1n) is 6.25. The predicted molar refractivity (Wildman–Crippen MR) is 63.4 cm³/mol. The van der Waals surface area contributed by atoms with Gasteiger partial charge in [0.05, 0.1) is 11.6 Å². The maximum atomic E-state index is 5.76. The van der Waals surface area contributed by atoms with E-state index in [1.807, 2.05) is 7.11 Å². The van der Waals surface area contributed by atoms with Gasteiger partial charge < -0.3 is 4.74 Å². The van der Waals surface area contributed by atoms with Crippen LogP contribution in [0.3, 0.4) is 0 Å². The summed E-state index contributed by atoms with van der Waals surface area (Å²) in [5, 5.41) is 0. The molecule has 0 aromatic heterocycles. The van der Waals surface area contributed by atoms with Crippen molar-refractivity contribution in [3.05, 3.63) is 0 Å². The van der Waals surface area contributed by atoms with Gasteiger partial charge >= 0.3 is 0 Å². The minimum atomic E-state index is -0.0796. The van der Waals surface area contributed by atoms with E-state index in [9.17, 15) is 0 Å². The molecule has 0 aliphatic heterocycles. The van der Waals surface area contributed by atoms with Gasteiger partial charge in [0.2, 0.25) is 0 Å². The van der Waals surface area contributed by atoms with Crippen molar-refractivity contribution in [2.75, 3.05) is 7.11 Å². The molecule has 15 heavy (non-hydrogen) atoms. The van der Waals surface area contributed by atoms with Crippen LogP contribution in [0.15, 0.2) is 0 Å². The Balaban J connectivity index is 2.76. The van der Waals surface area contributed by atoms with Crippen molar-refractivity contribution in [2.45, 2.75) is 64.0 Å².